The second-order valence-corrected chi connectivity index (χ2v) is 10.0. The summed E-state index contributed by atoms with van der Waals surface area (Å²) < 4.78 is 5.45. The molecule has 1 amide bonds. The highest BCUT2D eigenvalue weighted by Gasteiger charge is 2.27. The lowest BCUT2D eigenvalue weighted by molar-refractivity contribution is 0.0186. The summed E-state index contributed by atoms with van der Waals surface area (Å²) in [5.41, 5.74) is 5.80. The molecule has 8 heteroatoms. The largest absolute Gasteiger partial charge is 0.444 e. The molecule has 0 saturated carbocycles. The van der Waals surface area contributed by atoms with Gasteiger partial charge in [0.25, 0.3) is 0 Å². The monoisotopic (exact) mass is 421 g/mol. The summed E-state index contributed by atoms with van der Waals surface area (Å²) in [4.78, 5) is 24.7. The number of nitrogens with zero attached hydrogens (tertiary/aromatic N) is 4. The maximum absolute atomic E-state index is 12.2. The highest BCUT2D eigenvalue weighted by Crippen LogP contribution is 2.21. The molecule has 2 N–H and O–H groups in total. The summed E-state index contributed by atoms with van der Waals surface area (Å²) in [6, 6.07) is 4.33. The number of ether oxygens (including phenoxy) is 1. The molecule has 3 heterocycles. The van der Waals surface area contributed by atoms with Gasteiger partial charge < -0.3 is 20.3 Å². The average molecular weight is 422 g/mol. The molecule has 1 aromatic rings. The first-order valence-corrected chi connectivity index (χ1v) is 11.5. The van der Waals surface area contributed by atoms with Crippen molar-refractivity contribution < 1.29 is 9.53 Å². The highest BCUT2D eigenvalue weighted by atomic mass is 32.1. The number of carbonyl (C=O) groups is 1. The number of piperazine rings is 1. The lowest BCUT2D eigenvalue weighted by atomic mass is 9.98. The van der Waals surface area contributed by atoms with Crippen molar-refractivity contribution in [3.05, 3.63) is 22.4 Å². The number of hydrogen-bond acceptors (Lipinski definition) is 5. The molecule has 3 rings (SSSR count). The summed E-state index contributed by atoms with van der Waals surface area (Å²) in [5, 5.41) is 2.14. The third-order valence-corrected chi connectivity index (χ3v) is 6.19. The molecule has 0 spiro atoms. The summed E-state index contributed by atoms with van der Waals surface area (Å²) in [6.45, 7) is 12.4. The number of likely N-dealkylation sites (tertiary alicyclic amines) is 1. The van der Waals surface area contributed by atoms with Gasteiger partial charge >= 0.3 is 6.09 Å². The van der Waals surface area contributed by atoms with Crippen molar-refractivity contribution in [2.45, 2.75) is 45.8 Å². The van der Waals surface area contributed by atoms with Crippen molar-refractivity contribution in [1.29, 1.82) is 0 Å². The van der Waals surface area contributed by atoms with E-state index in [9.17, 15) is 4.79 Å². The molecule has 2 fully saturated rings. The van der Waals surface area contributed by atoms with Crippen LogP contribution in [0, 0.1) is 5.92 Å². The van der Waals surface area contributed by atoms with E-state index in [2.05, 4.69) is 27.3 Å². The van der Waals surface area contributed by atoms with Crippen molar-refractivity contribution in [3.8, 4) is 0 Å². The predicted octanol–water partition coefficient (Wildman–Crippen LogP) is 2.83. The zero-order valence-electron chi connectivity index (χ0n) is 18.0. The molecule has 7 nitrogen and oxygen atoms in total. The molecule has 1 unspecified atom stereocenters. The number of guanidine groups is 1. The molecule has 0 radical (unpaired) electrons. The van der Waals surface area contributed by atoms with E-state index in [1.807, 2.05) is 32.1 Å². The third-order valence-electron chi connectivity index (χ3n) is 5.33. The number of aliphatic imine (C=N–C) groups is 1. The first-order chi connectivity index (χ1) is 13.8. The van der Waals surface area contributed by atoms with Crippen LogP contribution in [0.3, 0.4) is 0 Å². The first kappa shape index (κ1) is 21.9. The van der Waals surface area contributed by atoms with Gasteiger partial charge in [-0.3, -0.25) is 9.89 Å². The van der Waals surface area contributed by atoms with Crippen molar-refractivity contribution in [2.24, 2.45) is 16.6 Å². The van der Waals surface area contributed by atoms with E-state index in [-0.39, 0.29) is 6.09 Å². The van der Waals surface area contributed by atoms with Crippen LogP contribution in [-0.4, -0.2) is 78.2 Å². The van der Waals surface area contributed by atoms with E-state index in [1.165, 1.54) is 24.3 Å². The molecule has 1 atom stereocenters. The van der Waals surface area contributed by atoms with Gasteiger partial charge in [0.1, 0.15) is 5.60 Å². The minimum Gasteiger partial charge on any atom is -0.444 e. The molecule has 0 aliphatic carbocycles. The van der Waals surface area contributed by atoms with E-state index in [0.29, 0.717) is 38.1 Å². The second kappa shape index (κ2) is 9.80. The zero-order valence-corrected chi connectivity index (χ0v) is 18.8. The Labute approximate surface area is 178 Å². The predicted molar refractivity (Wildman–Crippen MR) is 118 cm³/mol. The van der Waals surface area contributed by atoms with Gasteiger partial charge in [-0.25, -0.2) is 4.79 Å². The smallest absolute Gasteiger partial charge is 0.410 e. The Hall–Kier alpha value is -1.80. The van der Waals surface area contributed by atoms with Crippen LogP contribution in [0.15, 0.2) is 22.5 Å². The lowest BCUT2D eigenvalue weighted by Gasteiger charge is -2.36. The standard InChI is InChI=1S/C21H35N5O2S/c1-21(2,3)28-20(27)26-11-9-25(10-12-26)19(22)23-14-17-6-4-8-24(15-17)16-18-7-5-13-29-18/h5,7,13,17H,4,6,8-12,14-16H2,1-3H3,(H2,22,23). The van der Waals surface area contributed by atoms with Crippen molar-refractivity contribution in [2.75, 3.05) is 45.8 Å². The van der Waals surface area contributed by atoms with Crippen LogP contribution in [0.25, 0.3) is 0 Å². The van der Waals surface area contributed by atoms with Crippen molar-refractivity contribution in [1.82, 2.24) is 14.7 Å². The van der Waals surface area contributed by atoms with Crippen LogP contribution >= 0.6 is 11.3 Å². The Balaban J connectivity index is 1.42. The summed E-state index contributed by atoms with van der Waals surface area (Å²) in [7, 11) is 0. The number of carbonyl (C=O) groups excluding carboxylic acids is 1. The number of rotatable bonds is 4. The van der Waals surface area contributed by atoms with Crippen LogP contribution < -0.4 is 5.73 Å². The molecule has 0 bridgehead atoms. The van der Waals surface area contributed by atoms with Crippen LogP contribution in [-0.2, 0) is 11.3 Å². The van der Waals surface area contributed by atoms with Gasteiger partial charge in [-0.1, -0.05) is 6.07 Å². The number of amides is 1. The molecule has 2 aliphatic rings. The number of hydrogen-bond donors (Lipinski definition) is 1. The molecule has 2 saturated heterocycles. The molecular formula is C21H35N5O2S. The van der Waals surface area contributed by atoms with Crippen LogP contribution in [0.1, 0.15) is 38.5 Å². The van der Waals surface area contributed by atoms with Gasteiger partial charge in [0.15, 0.2) is 5.96 Å². The van der Waals surface area contributed by atoms with Gasteiger partial charge in [-0.15, -0.1) is 11.3 Å². The van der Waals surface area contributed by atoms with E-state index < -0.39 is 5.60 Å². The van der Waals surface area contributed by atoms with Crippen LogP contribution in [0.2, 0.25) is 0 Å². The SMILES string of the molecule is CC(C)(C)OC(=O)N1CCN(C(N)=NCC2CCCN(Cc3cccs3)C2)CC1. The maximum Gasteiger partial charge on any atom is 0.410 e. The van der Waals surface area contributed by atoms with Gasteiger partial charge in [0, 0.05) is 50.7 Å². The number of piperidine rings is 1. The van der Waals surface area contributed by atoms with Crippen molar-refractivity contribution >= 4 is 23.4 Å². The molecule has 0 aromatic carbocycles. The normalized spacial score (nSPS) is 22.0. The topological polar surface area (TPSA) is 74.4 Å². The molecule has 29 heavy (non-hydrogen) atoms. The zero-order chi connectivity index (χ0) is 20.9. The van der Waals surface area contributed by atoms with E-state index >= 15 is 0 Å². The van der Waals surface area contributed by atoms with Gasteiger partial charge in [0.2, 0.25) is 0 Å². The number of nitrogens with two attached hydrogens (primary N) is 1. The summed E-state index contributed by atoms with van der Waals surface area (Å²) >= 11 is 1.83. The fourth-order valence-corrected chi connectivity index (χ4v) is 4.58. The quantitative estimate of drug-likeness (QED) is 0.598. The van der Waals surface area contributed by atoms with Gasteiger partial charge in [0.05, 0.1) is 0 Å². The molecule has 2 aliphatic heterocycles. The fourth-order valence-electron chi connectivity index (χ4n) is 3.83. The van der Waals surface area contributed by atoms with Crippen LogP contribution in [0.4, 0.5) is 4.79 Å². The van der Waals surface area contributed by atoms with E-state index in [4.69, 9.17) is 15.5 Å². The minimum atomic E-state index is -0.466. The Kier molecular flexibility index (Phi) is 7.40. The Morgan fingerprint density at radius 3 is 2.62 bits per heavy atom. The summed E-state index contributed by atoms with van der Waals surface area (Å²) in [6.07, 6.45) is 2.19. The maximum atomic E-state index is 12.2. The molecule has 1 aromatic heterocycles. The minimum absolute atomic E-state index is 0.249. The summed E-state index contributed by atoms with van der Waals surface area (Å²) in [5.74, 6) is 1.16. The number of thiophene rings is 1. The third kappa shape index (κ3) is 6.89. The second-order valence-electron chi connectivity index (χ2n) is 8.98. The Morgan fingerprint density at radius 1 is 1.24 bits per heavy atom. The molecule has 162 valence electrons. The first-order valence-electron chi connectivity index (χ1n) is 10.6. The van der Waals surface area contributed by atoms with Gasteiger partial charge in [-0.2, -0.15) is 0 Å². The van der Waals surface area contributed by atoms with Crippen molar-refractivity contribution in [3.63, 3.8) is 0 Å². The van der Waals surface area contributed by atoms with E-state index in [0.717, 1.165) is 19.6 Å². The van der Waals surface area contributed by atoms with E-state index in [1.54, 1.807) is 4.90 Å². The van der Waals surface area contributed by atoms with Gasteiger partial charge in [-0.05, 0) is 57.5 Å². The fraction of sp³-hybridized carbons (Fsp3) is 0.714. The lowest BCUT2D eigenvalue weighted by Crippen LogP contribution is -2.53. The molecular weight excluding hydrogens is 386 g/mol. The Morgan fingerprint density at radius 2 is 1.97 bits per heavy atom. The highest BCUT2D eigenvalue weighted by molar-refractivity contribution is 7.09. The van der Waals surface area contributed by atoms with Crippen LogP contribution in [0.5, 0.6) is 0 Å². The Bertz CT molecular complexity index is 678. The average Bonchev–Trinajstić information content (AvgIpc) is 3.18.